The molecule has 3 rings (SSSR count). The Morgan fingerprint density at radius 3 is 2.65 bits per heavy atom. The summed E-state index contributed by atoms with van der Waals surface area (Å²) in [4.78, 5) is 6.95. The summed E-state index contributed by atoms with van der Waals surface area (Å²) in [5, 5.41) is 13.7. The average Bonchev–Trinajstić information content (AvgIpc) is 3.28. The number of ether oxygens (including phenoxy) is 2. The zero-order chi connectivity index (χ0) is 21.2. The number of hydrogen-bond donors (Lipinski definition) is 2. The largest absolute Gasteiger partial charge is 0.491 e. The maximum atomic E-state index is 10.3. The summed E-state index contributed by atoms with van der Waals surface area (Å²) in [6, 6.07) is 7.86. The Bertz CT molecular complexity index is 659. The second-order valence-electron chi connectivity index (χ2n) is 8.65. The Kier molecular flexibility index (Phi) is 12.0. The van der Waals surface area contributed by atoms with Crippen LogP contribution in [0.1, 0.15) is 51.0 Å². The van der Waals surface area contributed by atoms with E-state index in [0.29, 0.717) is 12.6 Å². The summed E-state index contributed by atoms with van der Waals surface area (Å²) in [6.07, 6.45) is 7.24. The summed E-state index contributed by atoms with van der Waals surface area (Å²) < 4.78 is 11.9. The first-order valence-electron chi connectivity index (χ1n) is 11.7. The van der Waals surface area contributed by atoms with Gasteiger partial charge in [-0.1, -0.05) is 25.0 Å². The quantitative estimate of drug-likeness (QED) is 0.279. The zero-order valence-electron chi connectivity index (χ0n) is 19.1. The van der Waals surface area contributed by atoms with Crippen LogP contribution in [0.5, 0.6) is 5.75 Å². The van der Waals surface area contributed by atoms with Gasteiger partial charge in [-0.05, 0) is 63.1 Å². The Balaban J connectivity index is 0.00000341. The monoisotopic (exact) mass is 545 g/mol. The van der Waals surface area contributed by atoms with Gasteiger partial charge in [0.05, 0.1) is 12.6 Å². The number of aliphatic hydroxyl groups is 1. The van der Waals surface area contributed by atoms with Crippen LogP contribution in [0.2, 0.25) is 0 Å². The molecule has 1 saturated carbocycles. The number of halogens is 1. The van der Waals surface area contributed by atoms with E-state index < -0.39 is 6.10 Å². The Labute approximate surface area is 204 Å². The van der Waals surface area contributed by atoms with E-state index in [2.05, 4.69) is 22.1 Å². The minimum atomic E-state index is -0.633. The van der Waals surface area contributed by atoms with Crippen LogP contribution in [0.4, 0.5) is 0 Å². The zero-order valence-corrected chi connectivity index (χ0v) is 21.4. The maximum Gasteiger partial charge on any atom is 0.194 e. The lowest BCUT2D eigenvalue weighted by atomic mass is 10.1. The molecule has 2 N–H and O–H groups in total. The highest BCUT2D eigenvalue weighted by Crippen LogP contribution is 2.26. The topological polar surface area (TPSA) is 66.3 Å². The van der Waals surface area contributed by atoms with Crippen LogP contribution in [0.15, 0.2) is 29.3 Å². The number of nitrogens with one attached hydrogen (secondary N) is 1. The molecule has 1 atom stereocenters. The summed E-state index contributed by atoms with van der Waals surface area (Å²) in [5.74, 6) is 2.44. The minimum Gasteiger partial charge on any atom is -0.491 e. The summed E-state index contributed by atoms with van der Waals surface area (Å²) >= 11 is 0. The van der Waals surface area contributed by atoms with Gasteiger partial charge in [-0.2, -0.15) is 0 Å². The van der Waals surface area contributed by atoms with E-state index >= 15 is 0 Å². The third-order valence-corrected chi connectivity index (χ3v) is 6.00. The van der Waals surface area contributed by atoms with E-state index in [1.54, 1.807) is 0 Å². The molecule has 1 aliphatic heterocycles. The fraction of sp³-hybridized carbons (Fsp3) is 0.708. The molecule has 1 aromatic rings. The van der Waals surface area contributed by atoms with E-state index in [1.165, 1.54) is 25.7 Å². The predicted octanol–water partition coefficient (Wildman–Crippen LogP) is 3.99. The third-order valence-electron chi connectivity index (χ3n) is 6.00. The highest BCUT2D eigenvalue weighted by atomic mass is 127. The smallest absolute Gasteiger partial charge is 0.194 e. The first-order chi connectivity index (χ1) is 14.6. The van der Waals surface area contributed by atoms with Crippen LogP contribution >= 0.6 is 24.0 Å². The summed E-state index contributed by atoms with van der Waals surface area (Å²) in [6.45, 7) is 8.30. The molecule has 1 aliphatic carbocycles. The highest BCUT2D eigenvalue weighted by molar-refractivity contribution is 14.0. The van der Waals surface area contributed by atoms with Gasteiger partial charge >= 0.3 is 0 Å². The van der Waals surface area contributed by atoms with Gasteiger partial charge in [0, 0.05) is 26.2 Å². The number of benzene rings is 1. The molecule has 31 heavy (non-hydrogen) atoms. The van der Waals surface area contributed by atoms with Crippen molar-refractivity contribution < 1.29 is 14.6 Å². The number of rotatable bonds is 9. The van der Waals surface area contributed by atoms with Gasteiger partial charge in [-0.15, -0.1) is 24.0 Å². The number of aryl methyl sites for hydroxylation is 1. The standard InChI is InChI=1S/C24H39N3O3.HI/c1-3-25-24(26-16-21(28)18-30-23-10-6-7-19(2)15-23)27-13-11-22(12-14-27)29-17-20-8-4-5-9-20;/h6-7,10,15,20-22,28H,3-5,8-9,11-14,16-18H2,1-2H3,(H,25,26);1H. The van der Waals surface area contributed by atoms with E-state index in [1.807, 2.05) is 31.2 Å². The average molecular weight is 546 g/mol. The molecule has 1 aromatic carbocycles. The molecule has 0 amide bonds. The molecular formula is C24H40IN3O3. The molecule has 1 saturated heterocycles. The van der Waals surface area contributed by atoms with E-state index in [9.17, 15) is 5.11 Å². The lowest BCUT2D eigenvalue weighted by molar-refractivity contribution is 0.000964. The van der Waals surface area contributed by atoms with Crippen molar-refractivity contribution in [3.63, 3.8) is 0 Å². The molecule has 0 aromatic heterocycles. The van der Waals surface area contributed by atoms with Gasteiger partial charge in [-0.3, -0.25) is 4.99 Å². The molecule has 1 unspecified atom stereocenters. The Morgan fingerprint density at radius 1 is 1.23 bits per heavy atom. The molecule has 7 heteroatoms. The lowest BCUT2D eigenvalue weighted by Gasteiger charge is -2.34. The van der Waals surface area contributed by atoms with Crippen LogP contribution in [0.25, 0.3) is 0 Å². The normalized spacial score (nSPS) is 19.2. The Hall–Kier alpha value is -1.06. The SMILES string of the molecule is CCNC(=NCC(O)COc1cccc(C)c1)N1CCC(OCC2CCCC2)CC1.I. The number of aliphatic imine (C=N–C) groups is 1. The van der Waals surface area contributed by atoms with E-state index in [0.717, 1.165) is 62.3 Å². The third kappa shape index (κ3) is 9.14. The fourth-order valence-corrected chi connectivity index (χ4v) is 4.25. The second kappa shape index (κ2) is 14.2. The number of likely N-dealkylation sites (tertiary alicyclic amines) is 1. The first-order valence-corrected chi connectivity index (χ1v) is 11.7. The van der Waals surface area contributed by atoms with Crippen molar-refractivity contribution >= 4 is 29.9 Å². The molecule has 6 nitrogen and oxygen atoms in total. The highest BCUT2D eigenvalue weighted by Gasteiger charge is 2.24. The van der Waals surface area contributed by atoms with Crippen LogP contribution in [0.3, 0.4) is 0 Å². The summed E-state index contributed by atoms with van der Waals surface area (Å²) in [5.41, 5.74) is 1.14. The number of hydrogen-bond acceptors (Lipinski definition) is 4. The molecule has 0 spiro atoms. The van der Waals surface area contributed by atoms with E-state index in [4.69, 9.17) is 9.47 Å². The molecule has 2 fully saturated rings. The van der Waals surface area contributed by atoms with Crippen molar-refractivity contribution in [3.05, 3.63) is 29.8 Å². The van der Waals surface area contributed by atoms with Gasteiger partial charge in [0.2, 0.25) is 0 Å². The second-order valence-corrected chi connectivity index (χ2v) is 8.65. The molecule has 0 bridgehead atoms. The molecule has 1 heterocycles. The number of guanidine groups is 1. The van der Waals surface area contributed by atoms with Crippen molar-refractivity contribution in [3.8, 4) is 5.75 Å². The predicted molar refractivity (Wildman–Crippen MR) is 137 cm³/mol. The van der Waals surface area contributed by atoms with Crippen molar-refractivity contribution in [1.82, 2.24) is 10.2 Å². The van der Waals surface area contributed by atoms with Gasteiger partial charge in [0.15, 0.2) is 5.96 Å². The van der Waals surface area contributed by atoms with Crippen molar-refractivity contribution in [2.45, 2.75) is 64.6 Å². The van der Waals surface area contributed by atoms with Gasteiger partial charge in [0.25, 0.3) is 0 Å². The van der Waals surface area contributed by atoms with Crippen LogP contribution in [-0.4, -0.2) is 67.6 Å². The number of aliphatic hydroxyl groups excluding tert-OH is 1. The molecule has 0 radical (unpaired) electrons. The van der Waals surface area contributed by atoms with Crippen LogP contribution in [-0.2, 0) is 4.74 Å². The Morgan fingerprint density at radius 2 is 1.97 bits per heavy atom. The summed E-state index contributed by atoms with van der Waals surface area (Å²) in [7, 11) is 0. The van der Waals surface area contributed by atoms with E-state index in [-0.39, 0.29) is 30.6 Å². The van der Waals surface area contributed by atoms with Crippen molar-refractivity contribution in [2.24, 2.45) is 10.9 Å². The van der Waals surface area contributed by atoms with Gasteiger partial charge in [-0.25, -0.2) is 0 Å². The number of piperidine rings is 1. The van der Waals surface area contributed by atoms with Crippen LogP contribution < -0.4 is 10.1 Å². The van der Waals surface area contributed by atoms with Crippen molar-refractivity contribution in [1.29, 1.82) is 0 Å². The molecule has 176 valence electrons. The minimum absolute atomic E-state index is 0. The molecule has 2 aliphatic rings. The van der Waals surface area contributed by atoms with Crippen LogP contribution in [0, 0.1) is 12.8 Å². The lowest BCUT2D eigenvalue weighted by Crippen LogP contribution is -2.47. The number of nitrogens with zero attached hydrogens (tertiary/aromatic N) is 2. The molecular weight excluding hydrogens is 505 g/mol. The first kappa shape index (κ1) is 26.2. The van der Waals surface area contributed by atoms with Gasteiger partial charge < -0.3 is 24.8 Å². The fourth-order valence-electron chi connectivity index (χ4n) is 4.25. The van der Waals surface area contributed by atoms with Gasteiger partial charge in [0.1, 0.15) is 18.5 Å². The maximum absolute atomic E-state index is 10.3. The van der Waals surface area contributed by atoms with Crippen molar-refractivity contribution in [2.75, 3.05) is 39.4 Å².